The topological polar surface area (TPSA) is 67.6 Å². The van der Waals surface area contributed by atoms with E-state index in [1.807, 2.05) is 26.0 Å². The van der Waals surface area contributed by atoms with Crippen LogP contribution in [0.15, 0.2) is 22.9 Å². The van der Waals surface area contributed by atoms with Crippen LogP contribution in [0.1, 0.15) is 11.3 Å². The van der Waals surface area contributed by atoms with Crippen molar-refractivity contribution in [3.8, 4) is 11.5 Å². The van der Waals surface area contributed by atoms with Crippen LogP contribution in [0, 0.1) is 13.8 Å². The molecular weight excluding hydrogens is 204 g/mol. The molecule has 0 fully saturated rings. The van der Waals surface area contributed by atoms with Crippen molar-refractivity contribution < 1.29 is 4.52 Å². The number of nitrogens with one attached hydrogen (secondary N) is 1. The molecule has 0 unspecified atom stereocenters. The Morgan fingerprint density at radius 1 is 1.31 bits per heavy atom. The Morgan fingerprint density at radius 3 is 2.88 bits per heavy atom. The lowest BCUT2D eigenvalue weighted by atomic mass is 10.3. The third-order valence-electron chi connectivity index (χ3n) is 2.47. The van der Waals surface area contributed by atoms with Crippen LogP contribution in [0.3, 0.4) is 0 Å². The first-order valence-corrected chi connectivity index (χ1v) is 4.99. The summed E-state index contributed by atoms with van der Waals surface area (Å²) < 4.78 is 5.01. The molecule has 0 saturated carbocycles. The van der Waals surface area contributed by atoms with E-state index in [1.165, 1.54) is 0 Å². The van der Waals surface area contributed by atoms with Crippen molar-refractivity contribution in [3.05, 3.63) is 29.7 Å². The number of aromatic nitrogens is 4. The molecule has 0 aliphatic rings. The second-order valence-electron chi connectivity index (χ2n) is 3.73. The Hall–Kier alpha value is -2.17. The average Bonchev–Trinajstić information content (AvgIpc) is 2.84. The molecule has 1 N–H and O–H groups in total. The summed E-state index contributed by atoms with van der Waals surface area (Å²) in [6.07, 6.45) is 1.75. The Bertz CT molecular complexity index is 653. The van der Waals surface area contributed by atoms with E-state index in [0.717, 1.165) is 16.8 Å². The number of hydrogen-bond donors (Lipinski definition) is 1. The summed E-state index contributed by atoms with van der Waals surface area (Å²) in [5.74, 6) is 1.45. The minimum absolute atomic E-state index is 0.689. The summed E-state index contributed by atoms with van der Waals surface area (Å²) in [6.45, 7) is 3.86. The second kappa shape index (κ2) is 3.16. The van der Waals surface area contributed by atoms with Gasteiger partial charge in [0.1, 0.15) is 11.5 Å². The average molecular weight is 214 g/mol. The van der Waals surface area contributed by atoms with Gasteiger partial charge in [0.05, 0.1) is 5.52 Å². The highest BCUT2D eigenvalue weighted by Gasteiger charge is 2.10. The molecule has 0 radical (unpaired) electrons. The van der Waals surface area contributed by atoms with Gasteiger partial charge < -0.3 is 9.51 Å². The molecule has 80 valence electrons. The molecule has 0 aromatic carbocycles. The summed E-state index contributed by atoms with van der Waals surface area (Å²) >= 11 is 0. The smallest absolute Gasteiger partial charge is 0.178 e. The van der Waals surface area contributed by atoms with E-state index in [4.69, 9.17) is 4.52 Å². The van der Waals surface area contributed by atoms with Gasteiger partial charge in [-0.3, -0.25) is 0 Å². The number of nitrogens with zero attached hydrogens (tertiary/aromatic N) is 3. The molecule has 3 aromatic rings. The van der Waals surface area contributed by atoms with Crippen LogP contribution in [0.25, 0.3) is 22.7 Å². The first-order valence-electron chi connectivity index (χ1n) is 4.99. The maximum atomic E-state index is 5.01. The second-order valence-corrected chi connectivity index (χ2v) is 3.73. The predicted octanol–water partition coefficient (Wildman–Crippen LogP) is 2.23. The zero-order valence-corrected chi connectivity index (χ0v) is 8.98. The van der Waals surface area contributed by atoms with Gasteiger partial charge in [0.25, 0.3) is 0 Å². The summed E-state index contributed by atoms with van der Waals surface area (Å²) in [6, 6.07) is 3.78. The van der Waals surface area contributed by atoms with Crippen molar-refractivity contribution >= 4 is 11.2 Å². The third kappa shape index (κ3) is 1.29. The predicted molar refractivity (Wildman–Crippen MR) is 58.9 cm³/mol. The molecule has 0 aliphatic carbocycles. The SMILES string of the molecule is Cc1cc(-c2nc3nccc(C)c3[nH]2)no1. The van der Waals surface area contributed by atoms with Crippen molar-refractivity contribution in [1.29, 1.82) is 0 Å². The van der Waals surface area contributed by atoms with Crippen LogP contribution in [0.2, 0.25) is 0 Å². The van der Waals surface area contributed by atoms with Crippen molar-refractivity contribution in [1.82, 2.24) is 20.1 Å². The van der Waals surface area contributed by atoms with Gasteiger partial charge in [-0.15, -0.1) is 0 Å². The highest BCUT2D eigenvalue weighted by molar-refractivity contribution is 5.77. The lowest BCUT2D eigenvalue weighted by Gasteiger charge is -1.90. The van der Waals surface area contributed by atoms with Gasteiger partial charge in [-0.25, -0.2) is 9.97 Å². The van der Waals surface area contributed by atoms with Crippen LogP contribution in [-0.4, -0.2) is 20.1 Å². The lowest BCUT2D eigenvalue weighted by molar-refractivity contribution is 0.399. The molecule has 0 amide bonds. The van der Waals surface area contributed by atoms with E-state index in [1.54, 1.807) is 6.20 Å². The van der Waals surface area contributed by atoms with Gasteiger partial charge in [0.15, 0.2) is 11.5 Å². The lowest BCUT2D eigenvalue weighted by Crippen LogP contribution is -1.78. The van der Waals surface area contributed by atoms with Crippen molar-refractivity contribution in [2.75, 3.05) is 0 Å². The first-order chi connectivity index (χ1) is 7.74. The Balaban J connectivity index is 2.22. The number of rotatable bonds is 1. The zero-order valence-electron chi connectivity index (χ0n) is 8.98. The fourth-order valence-electron chi connectivity index (χ4n) is 1.63. The molecule has 0 saturated heterocycles. The van der Waals surface area contributed by atoms with E-state index in [-0.39, 0.29) is 0 Å². The Morgan fingerprint density at radius 2 is 2.19 bits per heavy atom. The Kier molecular flexibility index (Phi) is 1.80. The number of aromatic amines is 1. The van der Waals surface area contributed by atoms with Gasteiger partial charge >= 0.3 is 0 Å². The van der Waals surface area contributed by atoms with Gasteiger partial charge in [-0.2, -0.15) is 0 Å². The highest BCUT2D eigenvalue weighted by atomic mass is 16.5. The fraction of sp³-hybridized carbons (Fsp3) is 0.182. The molecular formula is C11H10N4O. The minimum Gasteiger partial charge on any atom is -0.361 e. The molecule has 0 spiro atoms. The Labute approximate surface area is 91.5 Å². The number of pyridine rings is 1. The van der Waals surface area contributed by atoms with Crippen molar-refractivity contribution in [2.45, 2.75) is 13.8 Å². The quantitative estimate of drug-likeness (QED) is 0.674. The van der Waals surface area contributed by atoms with Crippen molar-refractivity contribution in [2.24, 2.45) is 0 Å². The van der Waals surface area contributed by atoms with Crippen LogP contribution in [-0.2, 0) is 0 Å². The standard InChI is InChI=1S/C11H10N4O/c1-6-3-4-12-11-9(6)13-10(14-11)8-5-7(2)16-15-8/h3-5H,1-2H3,(H,12,13,14). The van der Waals surface area contributed by atoms with Crippen LogP contribution < -0.4 is 0 Å². The molecule has 3 rings (SSSR count). The van der Waals surface area contributed by atoms with Crippen LogP contribution in [0.5, 0.6) is 0 Å². The van der Waals surface area contributed by atoms with E-state index in [9.17, 15) is 0 Å². The molecule has 16 heavy (non-hydrogen) atoms. The largest absolute Gasteiger partial charge is 0.361 e. The zero-order chi connectivity index (χ0) is 11.1. The van der Waals surface area contributed by atoms with E-state index < -0.39 is 0 Å². The number of H-pyrrole nitrogens is 1. The summed E-state index contributed by atoms with van der Waals surface area (Å²) in [5, 5.41) is 3.91. The summed E-state index contributed by atoms with van der Waals surface area (Å²) in [5.41, 5.74) is 3.47. The monoisotopic (exact) mass is 214 g/mol. The molecule has 3 heterocycles. The van der Waals surface area contributed by atoms with E-state index in [0.29, 0.717) is 17.2 Å². The number of hydrogen-bond acceptors (Lipinski definition) is 4. The van der Waals surface area contributed by atoms with E-state index in [2.05, 4.69) is 20.1 Å². The highest BCUT2D eigenvalue weighted by Crippen LogP contribution is 2.20. The van der Waals surface area contributed by atoms with Crippen LogP contribution >= 0.6 is 0 Å². The normalized spacial score (nSPS) is 11.1. The van der Waals surface area contributed by atoms with Gasteiger partial charge in [-0.05, 0) is 25.5 Å². The van der Waals surface area contributed by atoms with E-state index >= 15 is 0 Å². The van der Waals surface area contributed by atoms with Crippen LogP contribution in [0.4, 0.5) is 0 Å². The molecule has 5 heteroatoms. The van der Waals surface area contributed by atoms with Gasteiger partial charge in [0, 0.05) is 12.3 Å². The number of imidazole rings is 1. The minimum atomic E-state index is 0.689. The first kappa shape index (κ1) is 9.08. The maximum absolute atomic E-state index is 5.01. The third-order valence-corrected chi connectivity index (χ3v) is 2.47. The summed E-state index contributed by atoms with van der Waals surface area (Å²) in [4.78, 5) is 11.8. The maximum Gasteiger partial charge on any atom is 0.178 e. The van der Waals surface area contributed by atoms with Gasteiger partial charge in [0.2, 0.25) is 0 Å². The fourth-order valence-corrected chi connectivity index (χ4v) is 1.63. The summed E-state index contributed by atoms with van der Waals surface area (Å²) in [7, 11) is 0. The number of fused-ring (bicyclic) bond motifs is 1. The van der Waals surface area contributed by atoms with Crippen molar-refractivity contribution in [3.63, 3.8) is 0 Å². The molecule has 3 aromatic heterocycles. The molecule has 0 atom stereocenters. The number of aryl methyl sites for hydroxylation is 2. The molecule has 0 bridgehead atoms. The molecule has 0 aliphatic heterocycles. The van der Waals surface area contributed by atoms with Gasteiger partial charge in [-0.1, -0.05) is 5.16 Å². The molecule has 5 nitrogen and oxygen atoms in total.